The molecule has 18 heavy (non-hydrogen) atoms. The molecule has 0 saturated heterocycles. The van der Waals surface area contributed by atoms with Crippen LogP contribution >= 0.6 is 0 Å². The summed E-state index contributed by atoms with van der Waals surface area (Å²) in [4.78, 5) is 21.6. The number of amides is 1. The first kappa shape index (κ1) is 16.8. The fourth-order valence-corrected chi connectivity index (χ4v) is 1.03. The topological polar surface area (TPSA) is 137 Å². The normalized spacial score (nSPS) is 12.1. The molecule has 0 bridgehead atoms. The molecule has 0 aromatic rings. The Balaban J connectivity index is 3.33. The van der Waals surface area contributed by atoms with E-state index in [1.165, 1.54) is 0 Å². The lowest BCUT2D eigenvalue weighted by molar-refractivity contribution is -0.140. The summed E-state index contributed by atoms with van der Waals surface area (Å²) < 4.78 is 10.2. The Morgan fingerprint density at radius 1 is 1.17 bits per heavy atom. The maximum atomic E-state index is 11.2. The largest absolute Gasteiger partial charge is 0.480 e. The van der Waals surface area contributed by atoms with Crippen molar-refractivity contribution < 1.29 is 24.2 Å². The summed E-state index contributed by atoms with van der Waals surface area (Å²) in [5.41, 5.74) is 10.4. The minimum atomic E-state index is -1.20. The van der Waals surface area contributed by atoms with E-state index in [0.717, 1.165) is 0 Å². The van der Waals surface area contributed by atoms with Crippen LogP contribution in [0.5, 0.6) is 0 Å². The van der Waals surface area contributed by atoms with Crippen LogP contribution in [0, 0.1) is 0 Å². The summed E-state index contributed by atoms with van der Waals surface area (Å²) in [5.74, 6) is -1.61. The van der Waals surface area contributed by atoms with Gasteiger partial charge in [-0.25, -0.2) is 0 Å². The molecule has 0 aliphatic heterocycles. The van der Waals surface area contributed by atoms with Gasteiger partial charge in [0.15, 0.2) is 0 Å². The van der Waals surface area contributed by atoms with E-state index in [9.17, 15) is 9.59 Å². The molecule has 8 heteroatoms. The Morgan fingerprint density at radius 3 is 2.33 bits per heavy atom. The first-order valence-corrected chi connectivity index (χ1v) is 5.68. The zero-order valence-electron chi connectivity index (χ0n) is 10.3. The molecule has 0 fully saturated rings. The Kier molecular flexibility index (Phi) is 10.2. The monoisotopic (exact) mass is 263 g/mol. The van der Waals surface area contributed by atoms with Gasteiger partial charge in [-0.1, -0.05) is 0 Å². The molecule has 0 aliphatic rings. The lowest BCUT2D eigenvalue weighted by Gasteiger charge is -2.08. The van der Waals surface area contributed by atoms with E-state index in [-0.39, 0.29) is 6.42 Å². The zero-order chi connectivity index (χ0) is 13.8. The van der Waals surface area contributed by atoms with E-state index in [2.05, 4.69) is 5.32 Å². The molecule has 0 radical (unpaired) electrons. The van der Waals surface area contributed by atoms with Crippen LogP contribution in [0.15, 0.2) is 0 Å². The number of carboxylic acid groups (broad SMARTS) is 1. The molecule has 6 N–H and O–H groups in total. The van der Waals surface area contributed by atoms with Gasteiger partial charge in [-0.15, -0.1) is 0 Å². The van der Waals surface area contributed by atoms with Crippen molar-refractivity contribution >= 4 is 11.9 Å². The van der Waals surface area contributed by atoms with Gasteiger partial charge in [0.1, 0.15) is 6.04 Å². The van der Waals surface area contributed by atoms with Gasteiger partial charge < -0.3 is 31.4 Å². The number of carbonyl (C=O) groups is 2. The number of carbonyl (C=O) groups excluding carboxylic acids is 1. The van der Waals surface area contributed by atoms with Gasteiger partial charge in [0.2, 0.25) is 5.91 Å². The average Bonchev–Trinajstić information content (AvgIpc) is 2.32. The number of ether oxygens (including phenoxy) is 2. The molecule has 0 aliphatic carbocycles. The highest BCUT2D eigenvalue weighted by Gasteiger charge is 2.15. The van der Waals surface area contributed by atoms with Crippen LogP contribution in [-0.2, 0) is 19.1 Å². The lowest BCUT2D eigenvalue weighted by Crippen LogP contribution is -2.38. The van der Waals surface area contributed by atoms with Crippen LogP contribution in [0.4, 0.5) is 0 Å². The van der Waals surface area contributed by atoms with Crippen LogP contribution in [0.3, 0.4) is 0 Å². The molecule has 1 amide bonds. The van der Waals surface area contributed by atoms with Gasteiger partial charge in [-0.05, 0) is 0 Å². The summed E-state index contributed by atoms with van der Waals surface area (Å²) in [6.45, 7) is 2.48. The van der Waals surface area contributed by atoms with Crippen molar-refractivity contribution in [1.29, 1.82) is 0 Å². The summed E-state index contributed by atoms with van der Waals surface area (Å²) in [5, 5.41) is 11.0. The predicted molar refractivity (Wildman–Crippen MR) is 63.9 cm³/mol. The molecule has 0 rings (SSSR count). The fourth-order valence-electron chi connectivity index (χ4n) is 1.03. The van der Waals surface area contributed by atoms with Gasteiger partial charge in [0.25, 0.3) is 0 Å². The highest BCUT2D eigenvalue weighted by atomic mass is 16.5. The molecule has 0 aromatic heterocycles. The van der Waals surface area contributed by atoms with E-state index in [1.807, 2.05) is 0 Å². The van der Waals surface area contributed by atoms with E-state index in [4.69, 9.17) is 26.0 Å². The maximum Gasteiger partial charge on any atom is 0.321 e. The zero-order valence-corrected chi connectivity index (χ0v) is 10.3. The molecule has 8 nitrogen and oxygen atoms in total. The van der Waals surface area contributed by atoms with E-state index in [1.54, 1.807) is 0 Å². The second kappa shape index (κ2) is 10.9. The van der Waals surface area contributed by atoms with Gasteiger partial charge in [0, 0.05) is 13.1 Å². The van der Waals surface area contributed by atoms with Crippen LogP contribution in [0.2, 0.25) is 0 Å². The van der Waals surface area contributed by atoms with E-state index >= 15 is 0 Å². The van der Waals surface area contributed by atoms with Gasteiger partial charge in [-0.2, -0.15) is 0 Å². The number of nitrogens with two attached hydrogens (primary N) is 2. The van der Waals surface area contributed by atoms with Crippen molar-refractivity contribution in [2.75, 3.05) is 39.5 Å². The Morgan fingerprint density at radius 2 is 1.78 bits per heavy atom. The van der Waals surface area contributed by atoms with Crippen molar-refractivity contribution in [3.8, 4) is 0 Å². The first-order chi connectivity index (χ1) is 8.57. The Bertz CT molecular complexity index is 250. The van der Waals surface area contributed by atoms with Gasteiger partial charge in [-0.3, -0.25) is 9.59 Å². The molecule has 0 unspecified atom stereocenters. The lowest BCUT2D eigenvalue weighted by atomic mass is 10.2. The number of nitrogens with one attached hydrogen (secondary N) is 1. The first-order valence-electron chi connectivity index (χ1n) is 5.68. The van der Waals surface area contributed by atoms with Crippen LogP contribution in [0.1, 0.15) is 6.42 Å². The fraction of sp³-hybridized carbons (Fsp3) is 0.800. The standard InChI is InChI=1S/C10H21N3O5/c11-1-3-17-5-6-18-4-2-13-9(14)7-8(12)10(15)16/h8H,1-7,11-12H2,(H,13,14)(H,15,16)/t8-/m0/s1. The SMILES string of the molecule is NCCOCCOCCNC(=O)C[C@H](N)C(=O)O. The van der Waals surface area contributed by atoms with Crippen molar-refractivity contribution in [2.24, 2.45) is 11.5 Å². The summed E-state index contributed by atoms with van der Waals surface area (Å²) in [6, 6.07) is -1.17. The molecular formula is C10H21N3O5. The Labute approximate surface area is 106 Å². The molecule has 0 aromatic carbocycles. The second-order valence-electron chi connectivity index (χ2n) is 3.51. The Hall–Kier alpha value is -1.22. The van der Waals surface area contributed by atoms with Crippen LogP contribution in [0.25, 0.3) is 0 Å². The summed E-state index contributed by atoms with van der Waals surface area (Å²) in [7, 11) is 0. The van der Waals surface area contributed by atoms with Gasteiger partial charge >= 0.3 is 5.97 Å². The number of aliphatic carboxylic acids is 1. The molecular weight excluding hydrogens is 242 g/mol. The van der Waals surface area contributed by atoms with Crippen molar-refractivity contribution in [1.82, 2.24) is 5.32 Å². The number of rotatable bonds is 11. The number of hydrogen-bond acceptors (Lipinski definition) is 6. The third kappa shape index (κ3) is 9.97. The smallest absolute Gasteiger partial charge is 0.321 e. The summed E-state index contributed by atoms with van der Waals surface area (Å²) in [6.07, 6.45) is -0.241. The minimum Gasteiger partial charge on any atom is -0.480 e. The minimum absolute atomic E-state index is 0.241. The van der Waals surface area contributed by atoms with Gasteiger partial charge in [0.05, 0.1) is 32.8 Å². The van der Waals surface area contributed by atoms with Crippen molar-refractivity contribution in [3.05, 3.63) is 0 Å². The average molecular weight is 263 g/mol. The predicted octanol–water partition coefficient (Wildman–Crippen LogP) is -2.10. The molecule has 1 atom stereocenters. The molecule has 106 valence electrons. The molecule has 0 spiro atoms. The third-order valence-corrected chi connectivity index (χ3v) is 1.93. The highest BCUT2D eigenvalue weighted by Crippen LogP contribution is 1.88. The quantitative estimate of drug-likeness (QED) is 0.313. The third-order valence-electron chi connectivity index (χ3n) is 1.93. The van der Waals surface area contributed by atoms with Crippen molar-refractivity contribution in [2.45, 2.75) is 12.5 Å². The van der Waals surface area contributed by atoms with E-state index < -0.39 is 17.9 Å². The van der Waals surface area contributed by atoms with E-state index in [0.29, 0.717) is 39.5 Å². The second-order valence-corrected chi connectivity index (χ2v) is 3.51. The van der Waals surface area contributed by atoms with Crippen LogP contribution < -0.4 is 16.8 Å². The molecule has 0 heterocycles. The summed E-state index contributed by atoms with van der Waals surface area (Å²) >= 11 is 0. The van der Waals surface area contributed by atoms with Crippen LogP contribution in [-0.4, -0.2) is 62.5 Å². The highest BCUT2D eigenvalue weighted by molar-refractivity contribution is 5.84. The number of hydrogen-bond donors (Lipinski definition) is 4. The van der Waals surface area contributed by atoms with Crippen molar-refractivity contribution in [3.63, 3.8) is 0 Å². The number of carboxylic acids is 1. The molecule has 0 saturated carbocycles. The maximum absolute atomic E-state index is 11.2.